The summed E-state index contributed by atoms with van der Waals surface area (Å²) in [5.74, 6) is -1.23. The lowest BCUT2D eigenvalue weighted by Crippen LogP contribution is -2.29. The Morgan fingerprint density at radius 3 is 1.71 bits per heavy atom. The minimum atomic E-state index is -4.89. The molecule has 0 aromatic heterocycles. The maximum absolute atomic E-state index is 12.7. The van der Waals surface area contributed by atoms with Crippen LogP contribution >= 0.6 is 15.6 Å². The van der Waals surface area contributed by atoms with Gasteiger partial charge in [-0.25, -0.2) is 9.13 Å². The number of rotatable bonds is 40. The van der Waals surface area contributed by atoms with Gasteiger partial charge in [-0.15, -0.1) is 0 Å². The van der Waals surface area contributed by atoms with Crippen LogP contribution < -0.4 is 0 Å². The molecule has 0 aromatic carbocycles. The molecular formula is C46H76O15P2. The molecule has 6 N–H and O–H groups in total. The maximum Gasteiger partial charge on any atom is 0.472 e. The molecular weight excluding hydrogens is 854 g/mol. The van der Waals surface area contributed by atoms with Gasteiger partial charge in [0, 0.05) is 12.8 Å². The van der Waals surface area contributed by atoms with E-state index in [1.165, 1.54) is 25.7 Å². The molecule has 0 aliphatic heterocycles. The van der Waals surface area contributed by atoms with Gasteiger partial charge in [0.2, 0.25) is 0 Å². The molecule has 0 saturated heterocycles. The predicted molar refractivity (Wildman–Crippen MR) is 246 cm³/mol. The Balaban J connectivity index is 4.77. The van der Waals surface area contributed by atoms with Crippen molar-refractivity contribution in [2.24, 2.45) is 0 Å². The first-order chi connectivity index (χ1) is 30.2. The lowest BCUT2D eigenvalue weighted by molar-refractivity contribution is -0.161. The van der Waals surface area contributed by atoms with Gasteiger partial charge in [-0.1, -0.05) is 150 Å². The zero-order valence-corrected chi connectivity index (χ0v) is 39.1. The summed E-state index contributed by atoms with van der Waals surface area (Å²) in [6, 6.07) is 0. The van der Waals surface area contributed by atoms with E-state index in [-0.39, 0.29) is 12.8 Å². The molecule has 0 rings (SSSR count). The highest BCUT2D eigenvalue weighted by Crippen LogP contribution is 2.43. The topological polar surface area (TPSA) is 236 Å². The van der Waals surface area contributed by atoms with Crippen LogP contribution in [0.5, 0.6) is 0 Å². The van der Waals surface area contributed by atoms with E-state index in [0.29, 0.717) is 32.1 Å². The molecule has 63 heavy (non-hydrogen) atoms. The average Bonchev–Trinajstić information content (AvgIpc) is 3.23. The summed E-state index contributed by atoms with van der Waals surface area (Å²) in [5.41, 5.74) is 0. The fourth-order valence-corrected chi connectivity index (χ4v) is 6.40. The van der Waals surface area contributed by atoms with Crippen LogP contribution in [0.15, 0.2) is 97.2 Å². The minimum absolute atomic E-state index is 0.00457. The second kappa shape index (κ2) is 40.5. The first-order valence-electron chi connectivity index (χ1n) is 22.2. The van der Waals surface area contributed by atoms with Crippen molar-refractivity contribution < 1.29 is 71.8 Å². The number of hydrogen-bond donors (Lipinski definition) is 6. The molecule has 0 spiro atoms. The lowest BCUT2D eigenvalue weighted by atomic mass is 10.1. The number of carbonyl (C=O) groups excluding carboxylic acids is 2. The van der Waals surface area contributed by atoms with Gasteiger partial charge in [0.25, 0.3) is 0 Å². The number of phosphoric ester groups is 2. The highest BCUT2D eigenvalue weighted by molar-refractivity contribution is 7.47. The molecule has 0 fully saturated rings. The zero-order valence-electron chi connectivity index (χ0n) is 37.4. The second-order valence-corrected chi connectivity index (χ2v) is 17.4. The summed E-state index contributed by atoms with van der Waals surface area (Å²) in [7, 11) is -9.75. The van der Waals surface area contributed by atoms with Gasteiger partial charge in [-0.3, -0.25) is 23.2 Å². The molecule has 0 aromatic rings. The van der Waals surface area contributed by atoms with Crippen LogP contribution in [0.1, 0.15) is 129 Å². The molecule has 5 atom stereocenters. The lowest BCUT2D eigenvalue weighted by Gasteiger charge is -2.20. The third-order valence-electron chi connectivity index (χ3n) is 8.65. The molecule has 15 nitrogen and oxygen atoms in total. The number of aliphatic hydroxyl groups excluding tert-OH is 3. The number of ether oxygens (including phenoxy) is 2. The minimum Gasteiger partial charge on any atom is -0.462 e. The van der Waals surface area contributed by atoms with Gasteiger partial charge in [0.05, 0.1) is 32.0 Å². The number of allylic oxidation sites excluding steroid dienone is 12. The van der Waals surface area contributed by atoms with Crippen LogP contribution in [-0.2, 0) is 41.8 Å². The van der Waals surface area contributed by atoms with E-state index in [9.17, 15) is 38.9 Å². The first kappa shape index (κ1) is 60.0. The summed E-state index contributed by atoms with van der Waals surface area (Å²) in [6.07, 6.45) is 40.4. The van der Waals surface area contributed by atoms with Gasteiger partial charge in [0.15, 0.2) is 6.10 Å². The highest BCUT2D eigenvalue weighted by Gasteiger charge is 2.28. The summed E-state index contributed by atoms with van der Waals surface area (Å²) >= 11 is 0. The first-order valence-corrected chi connectivity index (χ1v) is 25.2. The molecule has 0 aliphatic rings. The molecule has 0 radical (unpaired) electrons. The van der Waals surface area contributed by atoms with E-state index in [0.717, 1.165) is 44.9 Å². The fourth-order valence-electron chi connectivity index (χ4n) is 5.24. The summed E-state index contributed by atoms with van der Waals surface area (Å²) in [4.78, 5) is 52.7. The number of aliphatic hydroxyl groups is 3. The molecule has 0 amide bonds. The third kappa shape index (κ3) is 44.0. The Kier molecular flexibility index (Phi) is 38.5. The van der Waals surface area contributed by atoms with Crippen LogP contribution in [0.25, 0.3) is 0 Å². The Bertz CT molecular complexity index is 1510. The van der Waals surface area contributed by atoms with E-state index in [2.05, 4.69) is 40.3 Å². The van der Waals surface area contributed by atoms with Crippen LogP contribution in [0, 0.1) is 0 Å². The van der Waals surface area contributed by atoms with Crippen molar-refractivity contribution in [3.8, 4) is 0 Å². The van der Waals surface area contributed by atoms with Crippen LogP contribution in [0.3, 0.4) is 0 Å². The molecule has 0 bridgehead atoms. The Morgan fingerprint density at radius 2 is 1.10 bits per heavy atom. The monoisotopic (exact) mass is 930 g/mol. The molecule has 0 aliphatic carbocycles. The van der Waals surface area contributed by atoms with Gasteiger partial charge in [-0.05, 0) is 64.2 Å². The Hall–Kier alpha value is -3.04. The van der Waals surface area contributed by atoms with E-state index >= 15 is 0 Å². The summed E-state index contributed by atoms with van der Waals surface area (Å²) < 4.78 is 47.6. The van der Waals surface area contributed by atoms with E-state index in [1.54, 1.807) is 42.5 Å². The molecule has 17 heteroatoms. The average molecular weight is 931 g/mol. The van der Waals surface area contributed by atoms with Gasteiger partial charge in [0.1, 0.15) is 12.7 Å². The van der Waals surface area contributed by atoms with Gasteiger partial charge in [-0.2, -0.15) is 0 Å². The smallest absolute Gasteiger partial charge is 0.462 e. The fraction of sp³-hybridized carbons (Fsp3) is 0.609. The van der Waals surface area contributed by atoms with Crippen molar-refractivity contribution in [2.45, 2.75) is 154 Å². The second-order valence-electron chi connectivity index (χ2n) is 14.7. The number of esters is 2. The van der Waals surface area contributed by atoms with Crippen molar-refractivity contribution in [3.05, 3.63) is 97.2 Å². The van der Waals surface area contributed by atoms with Crippen molar-refractivity contribution in [1.82, 2.24) is 0 Å². The van der Waals surface area contributed by atoms with Crippen LogP contribution in [0.4, 0.5) is 0 Å². The normalized spacial score (nSPS) is 15.9. The number of carbonyl (C=O) groups is 2. The van der Waals surface area contributed by atoms with Gasteiger partial charge >= 0.3 is 27.6 Å². The molecule has 360 valence electrons. The van der Waals surface area contributed by atoms with Crippen LogP contribution in [0.2, 0.25) is 0 Å². The standard InChI is InChI=1S/C46H76O15P2/c1-3-5-7-8-9-10-11-12-13-14-15-16-17-22-30-36-46(51)61-44(40-60-63(55,56)59-38-43(49)37-58-62(52,53)54)39-57-45(50)35-29-21-19-18-20-26-32-42(48)34-28-24-23-27-33-41(47)31-25-6-4-2/h6,10-13,19-21,23-28,33-34,41-44,47-49H,3-5,7-9,14-18,22,29-32,35-40H2,1-2H3,(H,55,56)(H2,52,53,54)/b11-10-,13-12-,21-19-,24-23-,25-6-,26-20-,33-27+,34-28+/t41-,42+,43+,44-/m1/s1. The predicted octanol–water partition coefficient (Wildman–Crippen LogP) is 9.28. The summed E-state index contributed by atoms with van der Waals surface area (Å²) in [6.45, 7) is 1.31. The third-order valence-corrected chi connectivity index (χ3v) is 10.1. The Morgan fingerprint density at radius 1 is 0.540 bits per heavy atom. The van der Waals surface area contributed by atoms with Crippen molar-refractivity contribution in [3.63, 3.8) is 0 Å². The number of hydrogen-bond acceptors (Lipinski definition) is 12. The SMILES string of the molecule is CC/C=C\C[C@@H](O)/C=C/C=C\C=C\[C@@H](O)C/C=C\C/C=C\CCC(=O)OC[C@H](COP(=O)(O)OC[C@@H](O)COP(=O)(O)O)OC(=O)CCCCCCC/C=C\C=C/CCCCCC. The zero-order chi connectivity index (χ0) is 46.9. The van der Waals surface area contributed by atoms with Crippen molar-refractivity contribution in [2.75, 3.05) is 26.4 Å². The van der Waals surface area contributed by atoms with E-state index < -0.39 is 78.4 Å². The number of phosphoric acid groups is 2. The van der Waals surface area contributed by atoms with Gasteiger partial charge < -0.3 is 39.5 Å². The van der Waals surface area contributed by atoms with Crippen LogP contribution in [-0.4, -0.2) is 92.8 Å². The largest absolute Gasteiger partial charge is 0.472 e. The van der Waals surface area contributed by atoms with Crippen molar-refractivity contribution in [1.29, 1.82) is 0 Å². The van der Waals surface area contributed by atoms with E-state index in [4.69, 9.17) is 23.8 Å². The molecule has 1 unspecified atom stereocenters. The van der Waals surface area contributed by atoms with E-state index in [1.807, 2.05) is 37.3 Å². The molecule has 0 heterocycles. The quantitative estimate of drug-likeness (QED) is 0.0110. The highest BCUT2D eigenvalue weighted by atomic mass is 31.2. The Labute approximate surface area is 375 Å². The van der Waals surface area contributed by atoms with Crippen molar-refractivity contribution >= 4 is 27.6 Å². The molecule has 0 saturated carbocycles. The summed E-state index contributed by atoms with van der Waals surface area (Å²) in [5, 5.41) is 29.7. The number of unbranched alkanes of at least 4 members (excludes halogenated alkanes) is 9. The maximum atomic E-state index is 12.7.